The van der Waals surface area contributed by atoms with Crippen LogP contribution in [0.1, 0.15) is 33.2 Å². The first-order valence-corrected chi connectivity index (χ1v) is 7.54. The molecule has 0 saturated carbocycles. The molecule has 0 aliphatic rings. The van der Waals surface area contributed by atoms with Gasteiger partial charge in [0.15, 0.2) is 6.10 Å². The van der Waals surface area contributed by atoms with E-state index in [0.717, 1.165) is 6.42 Å². The SMILES string of the molecule is CC[C@H](C)n1nccc1NC(=O)[C@@H](C)Oc1cccnc1[N+](=O)[O-]. The normalized spacial score (nSPS) is 13.1. The molecule has 2 rings (SSSR count). The summed E-state index contributed by atoms with van der Waals surface area (Å²) < 4.78 is 7.10. The average molecular weight is 333 g/mol. The zero-order valence-electron chi connectivity index (χ0n) is 13.7. The summed E-state index contributed by atoms with van der Waals surface area (Å²) in [5.74, 6) is -0.369. The van der Waals surface area contributed by atoms with E-state index in [1.54, 1.807) is 16.9 Å². The van der Waals surface area contributed by atoms with Crippen LogP contribution in [0.2, 0.25) is 0 Å². The predicted octanol–water partition coefficient (Wildman–Crippen LogP) is 2.56. The molecule has 9 nitrogen and oxygen atoms in total. The molecule has 1 amide bonds. The van der Waals surface area contributed by atoms with Crippen molar-refractivity contribution in [3.63, 3.8) is 0 Å². The Hall–Kier alpha value is -2.97. The second-order valence-electron chi connectivity index (χ2n) is 5.25. The van der Waals surface area contributed by atoms with Crippen molar-refractivity contribution in [3.05, 3.63) is 40.7 Å². The summed E-state index contributed by atoms with van der Waals surface area (Å²) in [6.07, 6.45) is 2.81. The zero-order chi connectivity index (χ0) is 17.7. The van der Waals surface area contributed by atoms with Crippen LogP contribution >= 0.6 is 0 Å². The maximum Gasteiger partial charge on any atom is 0.406 e. The number of rotatable bonds is 7. The Balaban J connectivity index is 2.09. The molecule has 2 heterocycles. The van der Waals surface area contributed by atoms with Crippen LogP contribution < -0.4 is 10.1 Å². The van der Waals surface area contributed by atoms with Gasteiger partial charge in [-0.25, -0.2) is 4.68 Å². The van der Waals surface area contributed by atoms with Crippen LogP contribution in [0.5, 0.6) is 5.75 Å². The van der Waals surface area contributed by atoms with E-state index in [1.165, 1.54) is 25.3 Å². The number of ether oxygens (including phenoxy) is 1. The number of hydrogen-bond donors (Lipinski definition) is 1. The third kappa shape index (κ3) is 3.86. The fourth-order valence-corrected chi connectivity index (χ4v) is 2.02. The van der Waals surface area contributed by atoms with Crippen LogP contribution in [-0.2, 0) is 4.79 Å². The number of amides is 1. The number of carbonyl (C=O) groups is 1. The van der Waals surface area contributed by atoms with Gasteiger partial charge in [-0.1, -0.05) is 6.92 Å². The lowest BCUT2D eigenvalue weighted by atomic mass is 10.3. The van der Waals surface area contributed by atoms with E-state index in [4.69, 9.17) is 4.74 Å². The molecular weight excluding hydrogens is 314 g/mol. The highest BCUT2D eigenvalue weighted by Crippen LogP contribution is 2.24. The Bertz CT molecular complexity index is 730. The highest BCUT2D eigenvalue weighted by Gasteiger charge is 2.23. The first kappa shape index (κ1) is 17.4. The van der Waals surface area contributed by atoms with E-state index in [-0.39, 0.29) is 11.8 Å². The van der Waals surface area contributed by atoms with Crippen molar-refractivity contribution in [2.24, 2.45) is 0 Å². The summed E-state index contributed by atoms with van der Waals surface area (Å²) in [4.78, 5) is 26.2. The second kappa shape index (κ2) is 7.53. The Kier molecular flexibility index (Phi) is 5.46. The number of aromatic nitrogens is 3. The van der Waals surface area contributed by atoms with Gasteiger partial charge in [0, 0.05) is 6.07 Å². The number of carbonyl (C=O) groups excluding carboxylic acids is 1. The summed E-state index contributed by atoms with van der Waals surface area (Å²) in [6, 6.07) is 4.72. The topological polar surface area (TPSA) is 112 Å². The number of hydrogen-bond acceptors (Lipinski definition) is 6. The first-order valence-electron chi connectivity index (χ1n) is 7.54. The molecule has 128 valence electrons. The lowest BCUT2D eigenvalue weighted by Crippen LogP contribution is -2.31. The van der Waals surface area contributed by atoms with Crippen molar-refractivity contribution in [2.75, 3.05) is 5.32 Å². The number of nitro groups is 1. The molecule has 0 aliphatic heterocycles. The lowest BCUT2D eigenvalue weighted by Gasteiger charge is -2.17. The molecule has 0 bridgehead atoms. The largest absolute Gasteiger partial charge is 0.473 e. The maximum atomic E-state index is 12.3. The van der Waals surface area contributed by atoms with Crippen LogP contribution in [0.3, 0.4) is 0 Å². The first-order chi connectivity index (χ1) is 11.4. The minimum Gasteiger partial charge on any atom is -0.473 e. The summed E-state index contributed by atoms with van der Waals surface area (Å²) in [7, 11) is 0. The van der Waals surface area contributed by atoms with Crippen LogP contribution in [-0.4, -0.2) is 31.7 Å². The second-order valence-corrected chi connectivity index (χ2v) is 5.25. The van der Waals surface area contributed by atoms with Gasteiger partial charge in [-0.3, -0.25) is 4.79 Å². The Morgan fingerprint density at radius 2 is 2.17 bits per heavy atom. The molecule has 0 aliphatic carbocycles. The molecule has 2 atom stereocenters. The van der Waals surface area contributed by atoms with E-state index >= 15 is 0 Å². The third-order valence-corrected chi connectivity index (χ3v) is 3.53. The highest BCUT2D eigenvalue weighted by atomic mass is 16.6. The van der Waals surface area contributed by atoms with Gasteiger partial charge in [-0.2, -0.15) is 5.10 Å². The van der Waals surface area contributed by atoms with Crippen LogP contribution in [0.15, 0.2) is 30.6 Å². The van der Waals surface area contributed by atoms with Gasteiger partial charge in [0.1, 0.15) is 12.0 Å². The fourth-order valence-electron chi connectivity index (χ4n) is 2.02. The molecule has 0 unspecified atom stereocenters. The minimum absolute atomic E-state index is 0.0550. The average Bonchev–Trinajstić information content (AvgIpc) is 3.02. The van der Waals surface area contributed by atoms with Crippen LogP contribution in [0, 0.1) is 10.1 Å². The molecule has 2 aromatic heterocycles. The van der Waals surface area contributed by atoms with Crippen molar-refractivity contribution in [3.8, 4) is 5.75 Å². The van der Waals surface area contributed by atoms with Gasteiger partial charge in [-0.15, -0.1) is 0 Å². The predicted molar refractivity (Wildman–Crippen MR) is 86.8 cm³/mol. The molecule has 0 radical (unpaired) electrons. The lowest BCUT2D eigenvalue weighted by molar-refractivity contribution is -0.390. The molecule has 2 aromatic rings. The van der Waals surface area contributed by atoms with Gasteiger partial charge < -0.3 is 20.2 Å². The molecule has 1 N–H and O–H groups in total. The summed E-state index contributed by atoms with van der Waals surface area (Å²) in [5, 5.41) is 17.8. The summed E-state index contributed by atoms with van der Waals surface area (Å²) in [6.45, 7) is 5.52. The van der Waals surface area contributed by atoms with Crippen LogP contribution in [0.25, 0.3) is 0 Å². The van der Waals surface area contributed by atoms with Gasteiger partial charge in [-0.05, 0) is 42.3 Å². The van der Waals surface area contributed by atoms with E-state index in [2.05, 4.69) is 15.4 Å². The van der Waals surface area contributed by atoms with Crippen LogP contribution in [0.4, 0.5) is 11.6 Å². The standard InChI is InChI=1S/C15H19N5O4/c1-4-10(2)19-13(7-9-17-19)18-15(21)11(3)24-12-6-5-8-16-14(12)20(22)23/h5-11H,4H2,1-3H3,(H,18,21)/t10-,11+/m0/s1. The number of nitrogens with zero attached hydrogens (tertiary/aromatic N) is 4. The summed E-state index contributed by atoms with van der Waals surface area (Å²) in [5.41, 5.74) is 0. The van der Waals surface area contributed by atoms with E-state index in [0.29, 0.717) is 5.82 Å². The minimum atomic E-state index is -0.937. The highest BCUT2D eigenvalue weighted by molar-refractivity contribution is 5.93. The monoisotopic (exact) mass is 333 g/mol. The Labute approximate surface area is 138 Å². The van der Waals surface area contributed by atoms with Gasteiger partial charge in [0.2, 0.25) is 5.75 Å². The van der Waals surface area contributed by atoms with Gasteiger partial charge in [0.25, 0.3) is 5.91 Å². The van der Waals surface area contributed by atoms with Crippen molar-refractivity contribution < 1.29 is 14.5 Å². The Morgan fingerprint density at radius 1 is 1.42 bits per heavy atom. The molecule has 0 saturated heterocycles. The number of pyridine rings is 1. The zero-order valence-corrected chi connectivity index (χ0v) is 13.7. The number of anilines is 1. The molecule has 0 fully saturated rings. The number of nitrogens with one attached hydrogen (secondary N) is 1. The maximum absolute atomic E-state index is 12.3. The van der Waals surface area contributed by atoms with E-state index in [1.807, 2.05) is 13.8 Å². The Morgan fingerprint density at radius 3 is 2.83 bits per heavy atom. The molecule has 24 heavy (non-hydrogen) atoms. The fraction of sp³-hybridized carbons (Fsp3) is 0.400. The van der Waals surface area contributed by atoms with Crippen molar-refractivity contribution in [2.45, 2.75) is 39.3 Å². The van der Waals surface area contributed by atoms with Gasteiger partial charge in [0.05, 0.1) is 12.2 Å². The summed E-state index contributed by atoms with van der Waals surface area (Å²) >= 11 is 0. The third-order valence-electron chi connectivity index (χ3n) is 3.53. The van der Waals surface area contributed by atoms with Crippen molar-refractivity contribution in [1.82, 2.24) is 14.8 Å². The molecular formula is C15H19N5O4. The van der Waals surface area contributed by atoms with E-state index in [9.17, 15) is 14.9 Å². The molecule has 0 spiro atoms. The van der Waals surface area contributed by atoms with E-state index < -0.39 is 22.8 Å². The molecule has 9 heteroatoms. The quantitative estimate of drug-likeness (QED) is 0.615. The van der Waals surface area contributed by atoms with Gasteiger partial charge >= 0.3 is 5.82 Å². The van der Waals surface area contributed by atoms with Crippen molar-refractivity contribution >= 4 is 17.5 Å². The molecule has 0 aromatic carbocycles. The van der Waals surface area contributed by atoms with Crippen molar-refractivity contribution in [1.29, 1.82) is 0 Å². The smallest absolute Gasteiger partial charge is 0.406 e.